The van der Waals surface area contributed by atoms with Gasteiger partial charge in [-0.25, -0.2) is 8.42 Å². The Morgan fingerprint density at radius 2 is 1.04 bits per heavy atom. The van der Waals surface area contributed by atoms with E-state index in [9.17, 15) is 0 Å². The molecule has 5 heteroatoms. The lowest BCUT2D eigenvalue weighted by molar-refractivity contribution is 0.579. The summed E-state index contributed by atoms with van der Waals surface area (Å²) in [4.78, 5) is 0.720. The first kappa shape index (κ1) is 31.5. The summed E-state index contributed by atoms with van der Waals surface area (Å²) >= 11 is 0. The van der Waals surface area contributed by atoms with E-state index in [4.69, 9.17) is 0 Å². The summed E-state index contributed by atoms with van der Waals surface area (Å²) in [5.41, 5.74) is 13.5. The van der Waals surface area contributed by atoms with Crippen LogP contribution in [0.4, 0.5) is 0 Å². The normalized spacial score (nSPS) is 17.8. The molecule has 1 unspecified atom stereocenters. The fraction of sp³-hybridized carbons (Fsp3) is 0.0769. The van der Waals surface area contributed by atoms with Gasteiger partial charge in [-0.15, -0.1) is 0 Å². The largest absolute Gasteiger partial charge is 0.309 e. The van der Waals surface area contributed by atoms with Gasteiger partial charge in [-0.05, 0) is 80.9 Å². The topological polar surface area (TPSA) is 44.0 Å². The molecule has 4 heterocycles. The first-order valence-electron chi connectivity index (χ1n) is 19.6. The molecule has 1 atom stereocenters. The number of nitrogens with zero attached hydrogens (tertiary/aromatic N) is 2. The van der Waals surface area contributed by atoms with Crippen molar-refractivity contribution in [1.82, 2.24) is 9.13 Å². The van der Waals surface area contributed by atoms with Gasteiger partial charge in [0.15, 0.2) is 0 Å². The third-order valence-electron chi connectivity index (χ3n) is 13.5. The molecule has 0 saturated heterocycles. The number of hydrogen-bond donors (Lipinski definition) is 0. The van der Waals surface area contributed by atoms with Gasteiger partial charge >= 0.3 is 0 Å². The quantitative estimate of drug-likeness (QED) is 0.168. The standard InChI is InChI=1S/C52H34N2O2S/c1-51(2)38-18-6-3-14-32(38)33-27-26-31(30-43(33)51)53-44-22-9-4-16-35(44)37-28-29-42-50(49(37)53)57(55,56)47-25-12-8-20-40(47)52(42)39-19-7-11-24-46(39)54-45-23-10-5-15-34(45)36-17-13-21-41(52)48(36)54/h3-30H,1-2H3. The van der Waals surface area contributed by atoms with Crippen LogP contribution >= 0.6 is 0 Å². The Bertz CT molecular complexity index is 3590. The number of hydrogen-bond acceptors (Lipinski definition) is 2. The van der Waals surface area contributed by atoms with Gasteiger partial charge in [-0.2, -0.15) is 0 Å². The van der Waals surface area contributed by atoms with E-state index in [0.29, 0.717) is 15.3 Å². The van der Waals surface area contributed by atoms with E-state index in [0.717, 1.165) is 66.3 Å². The molecule has 0 bridgehead atoms. The molecule has 1 aliphatic carbocycles. The van der Waals surface area contributed by atoms with Crippen LogP contribution in [0, 0.1) is 0 Å². The third-order valence-corrected chi connectivity index (χ3v) is 15.4. The summed E-state index contributed by atoms with van der Waals surface area (Å²) < 4.78 is 36.1. The van der Waals surface area contributed by atoms with E-state index in [-0.39, 0.29) is 5.41 Å². The second kappa shape index (κ2) is 10.4. The zero-order valence-electron chi connectivity index (χ0n) is 31.3. The Hall–Kier alpha value is -6.69. The number of aromatic nitrogens is 2. The molecule has 10 aromatic rings. The average Bonchev–Trinajstić information content (AvgIpc) is 3.85. The number of fused-ring (bicyclic) bond motifs is 18. The van der Waals surface area contributed by atoms with Crippen LogP contribution in [-0.4, -0.2) is 17.6 Å². The van der Waals surface area contributed by atoms with Crippen molar-refractivity contribution in [2.45, 2.75) is 34.5 Å². The molecule has 0 fully saturated rings. The number of sulfone groups is 1. The van der Waals surface area contributed by atoms with E-state index in [1.807, 2.05) is 24.3 Å². The van der Waals surface area contributed by atoms with Crippen LogP contribution in [0.25, 0.3) is 66.1 Å². The van der Waals surface area contributed by atoms with Crippen molar-refractivity contribution in [2.24, 2.45) is 0 Å². The molecular weight excluding hydrogens is 717 g/mol. The Morgan fingerprint density at radius 1 is 0.439 bits per heavy atom. The monoisotopic (exact) mass is 750 g/mol. The van der Waals surface area contributed by atoms with Gasteiger partial charge in [0.05, 0.1) is 38.1 Å². The Morgan fingerprint density at radius 3 is 1.84 bits per heavy atom. The van der Waals surface area contributed by atoms with Gasteiger partial charge < -0.3 is 9.13 Å². The molecular formula is C52H34N2O2S. The van der Waals surface area contributed by atoms with Crippen LogP contribution in [0.1, 0.15) is 47.2 Å². The van der Waals surface area contributed by atoms with Gasteiger partial charge in [0.25, 0.3) is 0 Å². The lowest BCUT2D eigenvalue weighted by Gasteiger charge is -2.45. The average molecular weight is 751 g/mol. The van der Waals surface area contributed by atoms with Gasteiger partial charge in [0, 0.05) is 32.6 Å². The van der Waals surface area contributed by atoms with Crippen LogP contribution in [0.5, 0.6) is 0 Å². The molecule has 13 rings (SSSR count). The molecule has 0 N–H and O–H groups in total. The Kier molecular flexibility index (Phi) is 5.74. The first-order valence-corrected chi connectivity index (χ1v) is 21.1. The van der Waals surface area contributed by atoms with E-state index < -0.39 is 15.3 Å². The van der Waals surface area contributed by atoms with Gasteiger partial charge in [-0.3, -0.25) is 0 Å². The highest BCUT2D eigenvalue weighted by Gasteiger charge is 2.53. The van der Waals surface area contributed by atoms with Crippen LogP contribution in [0.3, 0.4) is 0 Å². The molecule has 1 spiro atoms. The summed E-state index contributed by atoms with van der Waals surface area (Å²) in [5, 5.41) is 4.27. The predicted octanol–water partition coefficient (Wildman–Crippen LogP) is 12.0. The summed E-state index contributed by atoms with van der Waals surface area (Å²) in [5.74, 6) is 0. The van der Waals surface area contributed by atoms with Crippen molar-refractivity contribution in [3.63, 3.8) is 0 Å². The summed E-state index contributed by atoms with van der Waals surface area (Å²) in [7, 11) is -4.06. The highest BCUT2D eigenvalue weighted by Crippen LogP contribution is 2.60. The van der Waals surface area contributed by atoms with Crippen molar-refractivity contribution in [1.29, 1.82) is 0 Å². The van der Waals surface area contributed by atoms with Crippen molar-refractivity contribution in [2.75, 3.05) is 0 Å². The maximum atomic E-state index is 15.8. The predicted molar refractivity (Wildman–Crippen MR) is 230 cm³/mol. The molecule has 0 radical (unpaired) electrons. The molecule has 2 aromatic heterocycles. The SMILES string of the molecule is CC1(C)c2ccccc2-c2ccc(-n3c4ccccc4c4ccc5c(c43)S(=O)(=O)c3ccccc3C53c4ccccc4-n4c5ccccc5c5cccc3c54)cc21. The highest BCUT2D eigenvalue weighted by atomic mass is 32.2. The second-order valence-electron chi connectivity index (χ2n) is 16.4. The van der Waals surface area contributed by atoms with Crippen molar-refractivity contribution >= 4 is 53.4 Å². The summed E-state index contributed by atoms with van der Waals surface area (Å²) in [6, 6.07) is 59.6. The summed E-state index contributed by atoms with van der Waals surface area (Å²) in [6.07, 6.45) is 0. The van der Waals surface area contributed by atoms with Crippen LogP contribution in [0.15, 0.2) is 180 Å². The van der Waals surface area contributed by atoms with Crippen LogP contribution in [0.2, 0.25) is 0 Å². The van der Waals surface area contributed by atoms with Crippen LogP contribution in [-0.2, 0) is 20.7 Å². The number of benzene rings is 8. The molecule has 0 saturated carbocycles. The summed E-state index contributed by atoms with van der Waals surface area (Å²) in [6.45, 7) is 4.58. The van der Waals surface area contributed by atoms with Gasteiger partial charge in [0.1, 0.15) is 4.90 Å². The van der Waals surface area contributed by atoms with Gasteiger partial charge in [-0.1, -0.05) is 147 Å². The highest BCUT2D eigenvalue weighted by molar-refractivity contribution is 7.92. The van der Waals surface area contributed by atoms with E-state index >= 15 is 8.42 Å². The molecule has 57 heavy (non-hydrogen) atoms. The minimum atomic E-state index is -4.06. The Labute approximate surface area is 329 Å². The minimum absolute atomic E-state index is 0.224. The number of para-hydroxylation sites is 4. The van der Waals surface area contributed by atoms with Crippen molar-refractivity contribution < 1.29 is 8.42 Å². The maximum absolute atomic E-state index is 15.8. The molecule has 0 amide bonds. The minimum Gasteiger partial charge on any atom is -0.309 e. The lowest BCUT2D eigenvalue weighted by Crippen LogP contribution is -2.40. The van der Waals surface area contributed by atoms with E-state index in [1.165, 1.54) is 27.6 Å². The van der Waals surface area contributed by atoms with E-state index in [2.05, 4.69) is 169 Å². The smallest absolute Gasteiger partial charge is 0.209 e. The fourth-order valence-corrected chi connectivity index (χ4v) is 13.2. The van der Waals surface area contributed by atoms with Crippen LogP contribution < -0.4 is 0 Å². The maximum Gasteiger partial charge on any atom is 0.209 e. The van der Waals surface area contributed by atoms with Crippen molar-refractivity contribution in [3.05, 3.63) is 203 Å². The molecule has 4 nitrogen and oxygen atoms in total. The second-order valence-corrected chi connectivity index (χ2v) is 18.3. The third kappa shape index (κ3) is 3.55. The lowest BCUT2D eigenvalue weighted by atomic mass is 9.62. The zero-order chi connectivity index (χ0) is 38.0. The van der Waals surface area contributed by atoms with E-state index in [1.54, 1.807) is 0 Å². The van der Waals surface area contributed by atoms with Crippen molar-refractivity contribution in [3.8, 4) is 22.5 Å². The molecule has 8 aromatic carbocycles. The molecule has 3 aliphatic rings. The zero-order valence-corrected chi connectivity index (χ0v) is 32.1. The fourth-order valence-electron chi connectivity index (χ4n) is 11.2. The molecule has 270 valence electrons. The number of rotatable bonds is 1. The Balaban J connectivity index is 1.23. The molecule has 2 aliphatic heterocycles. The van der Waals surface area contributed by atoms with Gasteiger partial charge in [0.2, 0.25) is 9.84 Å². The first-order chi connectivity index (χ1) is 27.8.